The first-order valence-electron chi connectivity index (χ1n) is 9.26. The number of rotatable bonds is 4. The normalized spacial score (nSPS) is 14.3. The monoisotopic (exact) mass is 509 g/mol. The van der Waals surface area contributed by atoms with Crippen molar-refractivity contribution in [2.45, 2.75) is 6.18 Å². The third-order valence-corrected chi connectivity index (χ3v) is 5.68. The fraction of sp³-hybridized carbons (Fsp3) is 0.300. The first-order valence-corrected chi connectivity index (χ1v) is 10.4. The van der Waals surface area contributed by atoms with Gasteiger partial charge in [-0.2, -0.15) is 13.2 Å². The van der Waals surface area contributed by atoms with E-state index in [1.54, 1.807) is 17.0 Å². The summed E-state index contributed by atoms with van der Waals surface area (Å²) in [6.07, 6.45) is -4.89. The van der Waals surface area contributed by atoms with Gasteiger partial charge in [-0.05, 0) is 30.3 Å². The number of nitrogens with zero attached hydrogens (tertiary/aromatic N) is 2. The Hall–Kier alpha value is -2.36. The van der Waals surface area contributed by atoms with Gasteiger partial charge in [0.2, 0.25) is 0 Å². The lowest BCUT2D eigenvalue weighted by atomic mass is 10.2. The molecule has 2 amide bonds. The smallest absolute Gasteiger partial charge is 0.471 e. The first kappa shape index (κ1) is 24.3. The molecule has 0 bridgehead atoms. The van der Waals surface area contributed by atoms with E-state index in [9.17, 15) is 22.8 Å². The highest BCUT2D eigenvalue weighted by atomic mass is 35.5. The summed E-state index contributed by atoms with van der Waals surface area (Å²) in [6.45, 7) is 0.227. The summed E-state index contributed by atoms with van der Waals surface area (Å²) in [5, 5.41) is 3.34. The molecule has 12 heteroatoms. The molecular formula is C20H17Cl3F3N3O3. The van der Waals surface area contributed by atoms with Gasteiger partial charge in [0.1, 0.15) is 0 Å². The molecule has 1 saturated heterocycles. The molecule has 1 aliphatic rings. The molecule has 0 atom stereocenters. The number of carbonyl (C=O) groups excluding carboxylic acids is 2. The van der Waals surface area contributed by atoms with E-state index < -0.39 is 18.0 Å². The Morgan fingerprint density at radius 2 is 1.56 bits per heavy atom. The van der Waals surface area contributed by atoms with E-state index in [0.29, 0.717) is 16.4 Å². The number of piperazine rings is 1. The molecule has 0 aromatic heterocycles. The third kappa shape index (κ3) is 5.33. The Labute approximate surface area is 196 Å². The molecule has 1 aliphatic heterocycles. The maximum Gasteiger partial charge on any atom is 0.471 e. The van der Waals surface area contributed by atoms with Crippen molar-refractivity contribution in [3.05, 3.63) is 51.0 Å². The predicted molar refractivity (Wildman–Crippen MR) is 117 cm³/mol. The summed E-state index contributed by atoms with van der Waals surface area (Å²) in [4.78, 5) is 26.5. The minimum atomic E-state index is -4.89. The number of alkyl halides is 3. The van der Waals surface area contributed by atoms with Crippen LogP contribution in [0.15, 0.2) is 30.3 Å². The Bertz CT molecular complexity index is 1020. The van der Waals surface area contributed by atoms with Crippen LogP contribution >= 0.6 is 34.8 Å². The molecule has 0 spiro atoms. The van der Waals surface area contributed by atoms with Crippen molar-refractivity contribution in [3.63, 3.8) is 0 Å². The maximum atomic E-state index is 12.6. The minimum absolute atomic E-state index is 0.0772. The zero-order valence-electron chi connectivity index (χ0n) is 16.6. The van der Waals surface area contributed by atoms with Crippen LogP contribution in [0.25, 0.3) is 0 Å². The van der Waals surface area contributed by atoms with Crippen molar-refractivity contribution < 1.29 is 27.5 Å². The number of methoxy groups -OCH3 is 1. The molecule has 2 aromatic rings. The molecule has 1 fully saturated rings. The molecule has 2 aromatic carbocycles. The molecule has 1 N–H and O–H groups in total. The van der Waals surface area contributed by atoms with E-state index in [0.717, 1.165) is 4.90 Å². The molecular weight excluding hydrogens is 494 g/mol. The number of nitrogens with one attached hydrogen (secondary N) is 1. The van der Waals surface area contributed by atoms with E-state index in [1.807, 2.05) is 0 Å². The van der Waals surface area contributed by atoms with E-state index >= 15 is 0 Å². The molecule has 1 heterocycles. The van der Waals surface area contributed by atoms with Crippen LogP contribution in [0.2, 0.25) is 15.1 Å². The zero-order valence-corrected chi connectivity index (χ0v) is 18.9. The Balaban J connectivity index is 1.67. The lowest BCUT2D eigenvalue weighted by molar-refractivity contribution is -0.185. The standard InChI is InChI=1S/C20H17Cl3F3N3O3/c1-32-17-14(22)8-11(9-15(17)23)18(30)27-12-2-3-16(13(21)10-12)28-4-6-29(7-5-28)19(31)20(24,25)26/h2-3,8-10H,4-7H2,1H3,(H,27,30). The van der Waals surface area contributed by atoms with E-state index in [4.69, 9.17) is 39.5 Å². The first-order chi connectivity index (χ1) is 15.0. The third-order valence-electron chi connectivity index (χ3n) is 4.82. The van der Waals surface area contributed by atoms with Crippen LogP contribution in [0, 0.1) is 0 Å². The van der Waals surface area contributed by atoms with Gasteiger partial charge in [0.25, 0.3) is 5.91 Å². The topological polar surface area (TPSA) is 61.9 Å². The van der Waals surface area contributed by atoms with Crippen LogP contribution in [0.1, 0.15) is 10.4 Å². The number of hydrogen-bond acceptors (Lipinski definition) is 4. The second kappa shape index (κ2) is 9.64. The van der Waals surface area contributed by atoms with Gasteiger partial charge < -0.3 is 19.9 Å². The van der Waals surface area contributed by atoms with Gasteiger partial charge in [0, 0.05) is 37.4 Å². The largest absolute Gasteiger partial charge is 0.494 e. The van der Waals surface area contributed by atoms with Crippen LogP contribution in [-0.4, -0.2) is 56.2 Å². The van der Waals surface area contributed by atoms with Crippen molar-refractivity contribution in [2.24, 2.45) is 0 Å². The highest BCUT2D eigenvalue weighted by Crippen LogP contribution is 2.34. The zero-order chi connectivity index (χ0) is 23.6. The summed E-state index contributed by atoms with van der Waals surface area (Å²) in [5.41, 5.74) is 1.20. The van der Waals surface area contributed by atoms with Crippen LogP contribution in [0.4, 0.5) is 24.5 Å². The SMILES string of the molecule is COc1c(Cl)cc(C(=O)Nc2ccc(N3CCN(C(=O)C(F)(F)F)CC3)c(Cl)c2)cc1Cl. The fourth-order valence-electron chi connectivity index (χ4n) is 3.26. The van der Waals surface area contributed by atoms with Gasteiger partial charge in [-0.3, -0.25) is 9.59 Å². The van der Waals surface area contributed by atoms with Crippen molar-refractivity contribution in [1.82, 2.24) is 4.90 Å². The average Bonchev–Trinajstić information content (AvgIpc) is 2.72. The Morgan fingerprint density at radius 1 is 0.969 bits per heavy atom. The summed E-state index contributed by atoms with van der Waals surface area (Å²) in [7, 11) is 1.41. The van der Waals surface area contributed by atoms with Crippen LogP contribution < -0.4 is 15.0 Å². The van der Waals surface area contributed by atoms with E-state index in [-0.39, 0.29) is 47.5 Å². The van der Waals surface area contributed by atoms with Crippen molar-refractivity contribution in [2.75, 3.05) is 43.5 Å². The number of hydrogen-bond donors (Lipinski definition) is 1. The van der Waals surface area contributed by atoms with Gasteiger partial charge in [-0.15, -0.1) is 0 Å². The number of carbonyl (C=O) groups is 2. The number of benzene rings is 2. The molecule has 0 radical (unpaired) electrons. The van der Waals surface area contributed by atoms with Crippen molar-refractivity contribution >= 4 is 58.0 Å². The summed E-state index contributed by atoms with van der Waals surface area (Å²) >= 11 is 18.5. The number of halogens is 6. The summed E-state index contributed by atoms with van der Waals surface area (Å²) < 4.78 is 42.8. The van der Waals surface area contributed by atoms with Crippen molar-refractivity contribution in [3.8, 4) is 5.75 Å². The molecule has 6 nitrogen and oxygen atoms in total. The predicted octanol–water partition coefficient (Wildman–Crippen LogP) is 5.12. The fourth-order valence-corrected chi connectivity index (χ4v) is 4.20. The molecule has 0 saturated carbocycles. The highest BCUT2D eigenvalue weighted by molar-refractivity contribution is 6.38. The van der Waals surface area contributed by atoms with Crippen LogP contribution in [0.3, 0.4) is 0 Å². The molecule has 0 unspecified atom stereocenters. The van der Waals surface area contributed by atoms with Crippen LogP contribution in [-0.2, 0) is 4.79 Å². The van der Waals surface area contributed by atoms with Crippen molar-refractivity contribution in [1.29, 1.82) is 0 Å². The van der Waals surface area contributed by atoms with E-state index in [1.165, 1.54) is 25.3 Å². The molecule has 32 heavy (non-hydrogen) atoms. The maximum absolute atomic E-state index is 12.6. The minimum Gasteiger partial charge on any atom is -0.494 e. The molecule has 3 rings (SSSR count). The second-order valence-corrected chi connectivity index (χ2v) is 8.09. The average molecular weight is 511 g/mol. The van der Waals surface area contributed by atoms with Crippen LogP contribution in [0.5, 0.6) is 5.75 Å². The lowest BCUT2D eigenvalue weighted by Gasteiger charge is -2.36. The molecule has 172 valence electrons. The van der Waals surface area contributed by atoms with Gasteiger partial charge in [-0.1, -0.05) is 34.8 Å². The highest BCUT2D eigenvalue weighted by Gasteiger charge is 2.43. The van der Waals surface area contributed by atoms with Gasteiger partial charge in [0.15, 0.2) is 5.75 Å². The number of anilines is 2. The number of ether oxygens (including phenoxy) is 1. The van der Waals surface area contributed by atoms with Gasteiger partial charge in [-0.25, -0.2) is 0 Å². The summed E-state index contributed by atoms with van der Waals surface area (Å²) in [5.74, 6) is -2.06. The van der Waals surface area contributed by atoms with E-state index in [2.05, 4.69) is 5.32 Å². The summed E-state index contributed by atoms with van der Waals surface area (Å²) in [6, 6.07) is 7.61. The van der Waals surface area contributed by atoms with Gasteiger partial charge >= 0.3 is 12.1 Å². The Kier molecular flexibility index (Phi) is 7.32. The second-order valence-electron chi connectivity index (χ2n) is 6.87. The quantitative estimate of drug-likeness (QED) is 0.620. The lowest BCUT2D eigenvalue weighted by Crippen LogP contribution is -2.52. The van der Waals surface area contributed by atoms with Gasteiger partial charge in [0.05, 0.1) is 27.9 Å². The number of amides is 2. The molecule has 0 aliphatic carbocycles. The Morgan fingerprint density at radius 3 is 2.06 bits per heavy atom.